The highest BCUT2D eigenvalue weighted by Crippen LogP contribution is 2.32. The van der Waals surface area contributed by atoms with E-state index in [0.717, 1.165) is 19.3 Å². The maximum absolute atomic E-state index is 12.0. The van der Waals surface area contributed by atoms with Gasteiger partial charge in [0, 0.05) is 38.1 Å². The first-order valence-electron chi connectivity index (χ1n) is 8.00. The van der Waals surface area contributed by atoms with Crippen molar-refractivity contribution in [2.75, 3.05) is 31.1 Å². The third kappa shape index (κ3) is 3.97. The second-order valence-corrected chi connectivity index (χ2v) is 6.88. The summed E-state index contributed by atoms with van der Waals surface area (Å²) in [5.41, 5.74) is 2.56. The van der Waals surface area contributed by atoms with Crippen molar-refractivity contribution in [2.24, 2.45) is 0 Å². The lowest BCUT2D eigenvalue weighted by Gasteiger charge is -2.38. The first-order chi connectivity index (χ1) is 10.8. The van der Waals surface area contributed by atoms with Crippen molar-refractivity contribution in [1.82, 2.24) is 4.90 Å². The predicted octanol–water partition coefficient (Wildman–Crippen LogP) is 2.24. The van der Waals surface area contributed by atoms with Crippen molar-refractivity contribution >= 4 is 23.6 Å². The van der Waals surface area contributed by atoms with Gasteiger partial charge in [-0.05, 0) is 17.0 Å². The lowest BCUT2D eigenvalue weighted by Crippen LogP contribution is -2.51. The van der Waals surface area contributed by atoms with Crippen LogP contribution in [0.25, 0.3) is 0 Å². The minimum absolute atomic E-state index is 0.0590. The molecular formula is C18H25N3O2. The molecule has 5 heteroatoms. The molecule has 1 aliphatic rings. The lowest BCUT2D eigenvalue weighted by molar-refractivity contribution is -0.144. The molecule has 0 aliphatic carbocycles. The largest absolute Gasteiger partial charge is 0.368 e. The summed E-state index contributed by atoms with van der Waals surface area (Å²) >= 11 is 0. The summed E-state index contributed by atoms with van der Waals surface area (Å²) in [4.78, 5) is 27.5. The number of nitrogens with zero attached hydrogens (tertiary/aromatic N) is 2. The van der Waals surface area contributed by atoms with Crippen LogP contribution in [-0.2, 0) is 15.0 Å². The molecule has 0 saturated carbocycles. The zero-order valence-corrected chi connectivity index (χ0v) is 14.1. The van der Waals surface area contributed by atoms with Crippen molar-refractivity contribution in [2.45, 2.75) is 32.6 Å². The average Bonchev–Trinajstić information content (AvgIpc) is 2.54. The van der Waals surface area contributed by atoms with Crippen LogP contribution < -0.4 is 4.90 Å². The SMILES string of the molecule is CC(C)(C)c1ccccc1N1CCN(C(=O)C(=O)CC=N)CC1. The van der Waals surface area contributed by atoms with Crippen LogP contribution in [-0.4, -0.2) is 49.0 Å². The molecule has 0 unspecified atom stereocenters. The van der Waals surface area contributed by atoms with Crippen LogP contribution in [0.3, 0.4) is 0 Å². The number of carbonyl (C=O) groups is 2. The second kappa shape index (κ2) is 6.94. The summed E-state index contributed by atoms with van der Waals surface area (Å²) in [6.07, 6.45) is 0.877. The Kier molecular flexibility index (Phi) is 5.19. The fraction of sp³-hybridized carbons (Fsp3) is 0.500. The van der Waals surface area contributed by atoms with Gasteiger partial charge in [-0.15, -0.1) is 0 Å². The van der Waals surface area contributed by atoms with Gasteiger partial charge >= 0.3 is 0 Å². The fourth-order valence-corrected chi connectivity index (χ4v) is 2.89. The van der Waals surface area contributed by atoms with E-state index >= 15 is 0 Å². The van der Waals surface area contributed by atoms with Crippen molar-refractivity contribution in [1.29, 1.82) is 5.41 Å². The van der Waals surface area contributed by atoms with Gasteiger partial charge < -0.3 is 15.2 Å². The predicted molar refractivity (Wildman–Crippen MR) is 92.3 cm³/mol. The average molecular weight is 315 g/mol. The summed E-state index contributed by atoms with van der Waals surface area (Å²) in [6.45, 7) is 9.11. The first kappa shape index (κ1) is 17.2. The minimum Gasteiger partial charge on any atom is -0.368 e. The third-order valence-corrected chi connectivity index (χ3v) is 4.15. The van der Waals surface area contributed by atoms with Gasteiger partial charge in [0.25, 0.3) is 5.91 Å². The maximum atomic E-state index is 12.0. The van der Waals surface area contributed by atoms with Gasteiger partial charge in [-0.3, -0.25) is 9.59 Å². The van der Waals surface area contributed by atoms with Crippen molar-refractivity contribution in [3.63, 3.8) is 0 Å². The highest BCUT2D eigenvalue weighted by molar-refractivity contribution is 6.38. The highest BCUT2D eigenvalue weighted by Gasteiger charge is 2.27. The smallest absolute Gasteiger partial charge is 0.290 e. The molecule has 124 valence electrons. The van der Waals surface area contributed by atoms with Crippen molar-refractivity contribution < 1.29 is 9.59 Å². The normalized spacial score (nSPS) is 15.4. The number of rotatable bonds is 4. The molecule has 1 heterocycles. The van der Waals surface area contributed by atoms with E-state index in [9.17, 15) is 9.59 Å². The number of amides is 1. The highest BCUT2D eigenvalue weighted by atomic mass is 16.2. The van der Waals surface area contributed by atoms with E-state index in [0.29, 0.717) is 13.1 Å². The van der Waals surface area contributed by atoms with Gasteiger partial charge in [-0.2, -0.15) is 0 Å². The summed E-state index contributed by atoms with van der Waals surface area (Å²) < 4.78 is 0. The monoisotopic (exact) mass is 315 g/mol. The van der Waals surface area contributed by atoms with E-state index in [4.69, 9.17) is 5.41 Å². The molecule has 0 aromatic heterocycles. The fourth-order valence-electron chi connectivity index (χ4n) is 2.89. The number of Topliss-reactive ketones (excluding diaryl/α,β-unsaturated/α-hetero) is 1. The van der Waals surface area contributed by atoms with Crippen LogP contribution in [0.2, 0.25) is 0 Å². The van der Waals surface area contributed by atoms with E-state index in [2.05, 4.69) is 43.9 Å². The molecule has 5 nitrogen and oxygen atoms in total. The Labute approximate surface area is 137 Å². The number of hydrogen-bond acceptors (Lipinski definition) is 4. The number of para-hydroxylation sites is 1. The number of carbonyl (C=O) groups excluding carboxylic acids is 2. The maximum Gasteiger partial charge on any atom is 0.290 e. The Bertz CT molecular complexity index is 597. The van der Waals surface area contributed by atoms with E-state index in [1.807, 2.05) is 6.07 Å². The molecule has 1 aromatic rings. The van der Waals surface area contributed by atoms with Crippen LogP contribution in [0.15, 0.2) is 24.3 Å². The van der Waals surface area contributed by atoms with E-state index in [1.165, 1.54) is 11.3 Å². The van der Waals surface area contributed by atoms with E-state index in [1.54, 1.807) is 4.90 Å². The molecule has 0 spiro atoms. The molecule has 1 N–H and O–H groups in total. The molecule has 0 radical (unpaired) electrons. The van der Waals surface area contributed by atoms with Gasteiger partial charge in [0.1, 0.15) is 0 Å². The zero-order valence-electron chi connectivity index (χ0n) is 14.1. The second-order valence-electron chi connectivity index (χ2n) is 6.88. The Morgan fingerprint density at radius 3 is 2.30 bits per heavy atom. The molecule has 1 aliphatic heterocycles. The number of anilines is 1. The third-order valence-electron chi connectivity index (χ3n) is 4.15. The molecule has 1 amide bonds. The molecule has 1 fully saturated rings. The summed E-state index contributed by atoms with van der Waals surface area (Å²) in [5.74, 6) is -0.958. The van der Waals surface area contributed by atoms with Crippen LogP contribution in [0, 0.1) is 5.41 Å². The number of benzene rings is 1. The molecule has 0 bridgehead atoms. The number of hydrogen-bond donors (Lipinski definition) is 1. The summed E-state index contributed by atoms with van der Waals surface area (Å²) in [6, 6.07) is 8.37. The Morgan fingerprint density at radius 1 is 1.13 bits per heavy atom. The van der Waals surface area contributed by atoms with Gasteiger partial charge in [0.15, 0.2) is 0 Å². The molecule has 23 heavy (non-hydrogen) atoms. The lowest BCUT2D eigenvalue weighted by atomic mass is 9.85. The topological polar surface area (TPSA) is 64.5 Å². The standard InChI is InChI=1S/C18H25N3O2/c1-18(2,3)14-6-4-5-7-15(14)20-10-12-21(13-11-20)17(23)16(22)8-9-19/h4-7,9,19H,8,10-13H2,1-3H3. The van der Waals surface area contributed by atoms with Crippen LogP contribution >= 0.6 is 0 Å². The van der Waals surface area contributed by atoms with Crippen LogP contribution in [0.5, 0.6) is 0 Å². The van der Waals surface area contributed by atoms with Crippen LogP contribution in [0.1, 0.15) is 32.8 Å². The van der Waals surface area contributed by atoms with Crippen LogP contribution in [0.4, 0.5) is 5.69 Å². The van der Waals surface area contributed by atoms with E-state index in [-0.39, 0.29) is 11.8 Å². The van der Waals surface area contributed by atoms with Crippen molar-refractivity contribution in [3.8, 4) is 0 Å². The number of piperazine rings is 1. The molecular weight excluding hydrogens is 290 g/mol. The Hall–Kier alpha value is -2.17. The number of ketones is 1. The van der Waals surface area contributed by atoms with Gasteiger partial charge in [0.05, 0.1) is 6.42 Å². The molecule has 1 aromatic carbocycles. The van der Waals surface area contributed by atoms with Gasteiger partial charge in [-0.25, -0.2) is 0 Å². The quantitative estimate of drug-likeness (QED) is 0.684. The molecule has 0 atom stereocenters. The zero-order chi connectivity index (χ0) is 17.0. The van der Waals surface area contributed by atoms with Gasteiger partial charge in [-0.1, -0.05) is 39.0 Å². The molecule has 1 saturated heterocycles. The minimum atomic E-state index is -0.497. The first-order valence-corrected chi connectivity index (χ1v) is 8.00. The summed E-state index contributed by atoms with van der Waals surface area (Å²) in [5, 5.41) is 6.94. The Balaban J connectivity index is 2.07. The van der Waals surface area contributed by atoms with Gasteiger partial charge in [0.2, 0.25) is 5.78 Å². The van der Waals surface area contributed by atoms with E-state index < -0.39 is 11.7 Å². The Morgan fingerprint density at radius 2 is 1.74 bits per heavy atom. The van der Waals surface area contributed by atoms with Crippen molar-refractivity contribution in [3.05, 3.63) is 29.8 Å². The number of nitrogens with one attached hydrogen (secondary N) is 1. The summed E-state index contributed by atoms with van der Waals surface area (Å²) in [7, 11) is 0. The molecule has 2 rings (SSSR count).